The normalized spacial score (nSPS) is 11.0. The third-order valence-corrected chi connectivity index (χ3v) is 3.14. The molecule has 0 aliphatic rings. The number of halogens is 1. The fraction of sp³-hybridized carbons (Fsp3) is 0.538. The highest BCUT2D eigenvalue weighted by Gasteiger charge is 2.13. The minimum absolute atomic E-state index is 0.0535. The smallest absolute Gasteiger partial charge is 0.275 e. The Hall–Kier alpha value is -1.21. The Bertz CT molecular complexity index is 443. The summed E-state index contributed by atoms with van der Waals surface area (Å²) in [6, 6.07) is 4.72. The molecule has 1 N–H and O–H groups in total. The second-order valence-electron chi connectivity index (χ2n) is 4.50. The van der Waals surface area contributed by atoms with E-state index in [0.717, 1.165) is 19.6 Å². The lowest BCUT2D eigenvalue weighted by molar-refractivity contribution is -0.385. The third kappa shape index (κ3) is 5.83. The molecular formula is C13H20ClN3O3. The first kappa shape index (κ1) is 16.8. The maximum absolute atomic E-state index is 10.9. The van der Waals surface area contributed by atoms with Gasteiger partial charge in [0.2, 0.25) is 0 Å². The van der Waals surface area contributed by atoms with E-state index in [4.69, 9.17) is 16.3 Å². The Morgan fingerprint density at radius 1 is 1.45 bits per heavy atom. The molecule has 20 heavy (non-hydrogen) atoms. The van der Waals surface area contributed by atoms with E-state index in [2.05, 4.69) is 10.2 Å². The minimum atomic E-state index is -0.409. The number of nitrogens with zero attached hydrogens (tertiary/aromatic N) is 2. The zero-order chi connectivity index (χ0) is 15.0. The molecule has 1 aromatic carbocycles. The van der Waals surface area contributed by atoms with Crippen molar-refractivity contribution in [3.05, 3.63) is 38.9 Å². The van der Waals surface area contributed by atoms with Crippen molar-refractivity contribution in [2.24, 2.45) is 0 Å². The van der Waals surface area contributed by atoms with E-state index < -0.39 is 4.92 Å². The van der Waals surface area contributed by atoms with E-state index in [0.29, 0.717) is 23.7 Å². The van der Waals surface area contributed by atoms with Gasteiger partial charge in [0.25, 0.3) is 5.69 Å². The van der Waals surface area contributed by atoms with Crippen molar-refractivity contribution < 1.29 is 9.66 Å². The van der Waals surface area contributed by atoms with Crippen LogP contribution in [0.15, 0.2) is 18.2 Å². The first-order valence-electron chi connectivity index (χ1n) is 6.35. The second-order valence-corrected chi connectivity index (χ2v) is 4.94. The van der Waals surface area contributed by atoms with Gasteiger partial charge in [0, 0.05) is 49.9 Å². The number of ether oxygens (including phenoxy) is 1. The predicted octanol–water partition coefficient (Wildman–Crippen LogP) is 1.92. The average Bonchev–Trinajstić information content (AvgIpc) is 2.42. The van der Waals surface area contributed by atoms with Crippen molar-refractivity contribution >= 4 is 17.3 Å². The Morgan fingerprint density at radius 2 is 2.20 bits per heavy atom. The highest BCUT2D eigenvalue weighted by Crippen LogP contribution is 2.22. The summed E-state index contributed by atoms with van der Waals surface area (Å²) in [6.45, 7) is 3.61. The molecule has 0 fully saturated rings. The van der Waals surface area contributed by atoms with Gasteiger partial charge in [0.15, 0.2) is 0 Å². The summed E-state index contributed by atoms with van der Waals surface area (Å²) in [4.78, 5) is 12.7. The number of hydrogen-bond acceptors (Lipinski definition) is 5. The van der Waals surface area contributed by atoms with E-state index in [1.165, 1.54) is 6.07 Å². The van der Waals surface area contributed by atoms with E-state index in [1.54, 1.807) is 19.2 Å². The van der Waals surface area contributed by atoms with Crippen LogP contribution >= 0.6 is 11.6 Å². The maximum atomic E-state index is 10.9. The summed E-state index contributed by atoms with van der Waals surface area (Å²) in [7, 11) is 3.68. The minimum Gasteiger partial charge on any atom is -0.383 e. The van der Waals surface area contributed by atoms with Gasteiger partial charge in [0.1, 0.15) is 0 Å². The molecule has 0 atom stereocenters. The number of hydrogen-bond donors (Lipinski definition) is 1. The number of rotatable bonds is 9. The molecule has 1 aromatic rings. The average molecular weight is 302 g/mol. The van der Waals surface area contributed by atoms with Gasteiger partial charge >= 0.3 is 0 Å². The fourth-order valence-electron chi connectivity index (χ4n) is 1.71. The monoisotopic (exact) mass is 301 g/mol. The summed E-state index contributed by atoms with van der Waals surface area (Å²) in [5.41, 5.74) is 0.691. The number of nitro groups is 1. The molecular weight excluding hydrogens is 282 g/mol. The van der Waals surface area contributed by atoms with Gasteiger partial charge in [0.05, 0.1) is 11.5 Å². The molecule has 0 saturated heterocycles. The van der Waals surface area contributed by atoms with Crippen LogP contribution in [0.25, 0.3) is 0 Å². The lowest BCUT2D eigenvalue weighted by Gasteiger charge is -2.16. The maximum Gasteiger partial charge on any atom is 0.275 e. The van der Waals surface area contributed by atoms with E-state index in [1.807, 2.05) is 7.05 Å². The van der Waals surface area contributed by atoms with E-state index >= 15 is 0 Å². The molecule has 0 aliphatic heterocycles. The number of likely N-dealkylation sites (N-methyl/N-ethyl adjacent to an activating group) is 1. The molecule has 0 bridgehead atoms. The Balaban J connectivity index is 2.40. The first-order chi connectivity index (χ1) is 9.54. The first-order valence-corrected chi connectivity index (χ1v) is 6.73. The van der Waals surface area contributed by atoms with Crippen LogP contribution in [-0.2, 0) is 11.3 Å². The van der Waals surface area contributed by atoms with Gasteiger partial charge in [-0.25, -0.2) is 0 Å². The van der Waals surface area contributed by atoms with Crippen LogP contribution in [-0.4, -0.2) is 50.2 Å². The van der Waals surface area contributed by atoms with Crippen molar-refractivity contribution in [3.63, 3.8) is 0 Å². The van der Waals surface area contributed by atoms with Crippen LogP contribution in [0.4, 0.5) is 5.69 Å². The van der Waals surface area contributed by atoms with Gasteiger partial charge in [-0.3, -0.25) is 10.1 Å². The molecule has 6 nitrogen and oxygen atoms in total. The Morgan fingerprint density at radius 3 is 2.85 bits per heavy atom. The van der Waals surface area contributed by atoms with Gasteiger partial charge in [-0.15, -0.1) is 0 Å². The van der Waals surface area contributed by atoms with Gasteiger partial charge in [-0.05, 0) is 19.2 Å². The van der Waals surface area contributed by atoms with Gasteiger partial charge in [-0.1, -0.05) is 11.6 Å². The van der Waals surface area contributed by atoms with Crippen LogP contribution in [0.1, 0.15) is 5.56 Å². The van der Waals surface area contributed by atoms with Gasteiger partial charge < -0.3 is 15.0 Å². The third-order valence-electron chi connectivity index (χ3n) is 2.91. The number of nitro benzene ring substituents is 1. The molecule has 0 radical (unpaired) electrons. The quantitative estimate of drug-likeness (QED) is 0.429. The highest BCUT2D eigenvalue weighted by atomic mass is 35.5. The molecule has 0 unspecified atom stereocenters. The largest absolute Gasteiger partial charge is 0.383 e. The molecule has 1 rings (SSSR count). The predicted molar refractivity (Wildman–Crippen MR) is 79.2 cm³/mol. The van der Waals surface area contributed by atoms with E-state index in [-0.39, 0.29) is 5.69 Å². The Kier molecular flexibility index (Phi) is 7.46. The number of methoxy groups -OCH3 is 1. The molecule has 0 aromatic heterocycles. The molecule has 0 saturated carbocycles. The highest BCUT2D eigenvalue weighted by molar-refractivity contribution is 6.30. The zero-order valence-electron chi connectivity index (χ0n) is 11.8. The molecule has 0 aliphatic carbocycles. The van der Waals surface area contributed by atoms with Crippen molar-refractivity contribution in [1.29, 1.82) is 0 Å². The van der Waals surface area contributed by atoms with Crippen molar-refractivity contribution in [2.45, 2.75) is 6.54 Å². The molecule has 0 spiro atoms. The molecule has 112 valence electrons. The topological polar surface area (TPSA) is 67.6 Å². The van der Waals surface area contributed by atoms with Crippen LogP contribution < -0.4 is 5.32 Å². The fourth-order valence-corrected chi connectivity index (χ4v) is 1.87. The van der Waals surface area contributed by atoms with Gasteiger partial charge in [-0.2, -0.15) is 0 Å². The number of benzene rings is 1. The van der Waals surface area contributed by atoms with Crippen LogP contribution in [0.5, 0.6) is 0 Å². The Labute approximate surface area is 123 Å². The van der Waals surface area contributed by atoms with Crippen molar-refractivity contribution in [1.82, 2.24) is 10.2 Å². The summed E-state index contributed by atoms with van der Waals surface area (Å²) in [5, 5.41) is 14.5. The van der Waals surface area contributed by atoms with Crippen LogP contribution in [0, 0.1) is 10.1 Å². The lowest BCUT2D eigenvalue weighted by Crippen LogP contribution is -2.31. The second kappa shape index (κ2) is 8.86. The molecule has 0 heterocycles. The molecule has 7 heteroatoms. The summed E-state index contributed by atoms with van der Waals surface area (Å²) in [5.74, 6) is 0. The van der Waals surface area contributed by atoms with Crippen LogP contribution in [0.2, 0.25) is 5.02 Å². The lowest BCUT2D eigenvalue weighted by atomic mass is 10.2. The standard InChI is InChI=1S/C13H20ClN3O3/c1-16(7-8-20-2)6-5-15-10-11-3-4-12(14)9-13(11)17(18)19/h3-4,9,15H,5-8,10H2,1-2H3. The van der Waals surface area contributed by atoms with E-state index in [9.17, 15) is 10.1 Å². The molecule has 0 amide bonds. The summed E-state index contributed by atoms with van der Waals surface area (Å²) >= 11 is 5.77. The summed E-state index contributed by atoms with van der Waals surface area (Å²) < 4.78 is 4.99. The summed E-state index contributed by atoms with van der Waals surface area (Å²) in [6.07, 6.45) is 0. The SMILES string of the molecule is COCCN(C)CCNCc1ccc(Cl)cc1[N+](=O)[O-]. The van der Waals surface area contributed by atoms with Crippen LogP contribution in [0.3, 0.4) is 0 Å². The van der Waals surface area contributed by atoms with Crippen molar-refractivity contribution in [3.8, 4) is 0 Å². The number of nitrogens with one attached hydrogen (secondary N) is 1. The zero-order valence-corrected chi connectivity index (χ0v) is 12.5. The van der Waals surface area contributed by atoms with Crippen molar-refractivity contribution in [2.75, 3.05) is 40.4 Å².